The van der Waals surface area contributed by atoms with Gasteiger partial charge in [0.1, 0.15) is 6.54 Å². The van der Waals surface area contributed by atoms with Crippen LogP contribution in [0.2, 0.25) is 0 Å². The molecule has 0 radical (unpaired) electrons. The van der Waals surface area contributed by atoms with Gasteiger partial charge in [-0.05, 0) is 66.6 Å². The minimum atomic E-state index is -4.65. The summed E-state index contributed by atoms with van der Waals surface area (Å²) in [5.41, 5.74) is -2.83. The Morgan fingerprint density at radius 3 is 2.38 bits per heavy atom. The second-order valence-electron chi connectivity index (χ2n) is 11.6. The molecule has 53 heavy (non-hydrogen) atoms. The number of ether oxygens (including phenoxy) is 1. The Morgan fingerprint density at radius 1 is 1.04 bits per heavy atom. The number of pyridine rings is 1. The molecule has 1 aromatic heterocycles. The Morgan fingerprint density at radius 2 is 1.72 bits per heavy atom. The lowest BCUT2D eigenvalue weighted by Crippen LogP contribution is -2.48. The second-order valence-corrected chi connectivity index (χ2v) is 12.5. The van der Waals surface area contributed by atoms with Crippen molar-refractivity contribution >= 4 is 28.6 Å². The standard InChI is InChI=1S/C41H40F5N3O3S/c1-27-6-15-36-34(22-27)37(50)23-39(53-26-31-4-3-5-35(42)40(31)43)49(36)25-38(51)48(33-16-18-47(19-17-33)20-21-52-2)24-28-7-9-29(10-8-28)30-11-13-32(14-12-30)41(44,45)46/h3-15,22-23,33H,16-21,24-26H2,1-2H3/i6D,15D,16D2,17D2,18D2,19D2,20D2,22D,23D,33D. The Balaban J connectivity index is 1.60. The molecule has 0 atom stereocenters. The summed E-state index contributed by atoms with van der Waals surface area (Å²) in [7, 11) is 0.954. The highest BCUT2D eigenvalue weighted by Gasteiger charge is 2.31. The molecule has 1 amide bonds. The summed E-state index contributed by atoms with van der Waals surface area (Å²) >= 11 is 0.459. The van der Waals surface area contributed by atoms with E-state index in [0.29, 0.717) is 17.3 Å². The van der Waals surface area contributed by atoms with Crippen LogP contribution in [0, 0.1) is 18.6 Å². The average molecular weight is 765 g/mol. The number of nitrogens with zero attached hydrogens (tertiary/aromatic N) is 3. The second kappa shape index (κ2) is 16.7. The fourth-order valence-corrected chi connectivity index (χ4v) is 6.22. The lowest BCUT2D eigenvalue weighted by Gasteiger charge is -2.39. The van der Waals surface area contributed by atoms with Crippen molar-refractivity contribution in [3.63, 3.8) is 0 Å². The number of likely N-dealkylation sites (tertiary alicyclic amines) is 1. The first-order valence-corrected chi connectivity index (χ1v) is 16.8. The van der Waals surface area contributed by atoms with E-state index in [-0.39, 0.29) is 27.2 Å². The molecule has 0 spiro atoms. The molecule has 1 fully saturated rings. The van der Waals surface area contributed by atoms with Gasteiger partial charge in [-0.25, -0.2) is 8.78 Å². The number of piperidine rings is 1. The highest BCUT2D eigenvalue weighted by molar-refractivity contribution is 7.98. The molecule has 278 valence electrons. The summed E-state index contributed by atoms with van der Waals surface area (Å²) in [5, 5.41) is -1.24. The van der Waals surface area contributed by atoms with Crippen molar-refractivity contribution in [1.82, 2.24) is 14.4 Å². The third-order valence-electron chi connectivity index (χ3n) is 7.92. The monoisotopic (exact) mass is 764 g/mol. The number of rotatable bonds is 12. The van der Waals surface area contributed by atoms with E-state index in [0.717, 1.165) is 54.1 Å². The molecule has 0 unspecified atom stereocenters. The van der Waals surface area contributed by atoms with Gasteiger partial charge in [-0.3, -0.25) is 9.59 Å². The highest BCUT2D eigenvalue weighted by Crippen LogP contribution is 2.32. The number of amides is 1. The van der Waals surface area contributed by atoms with Gasteiger partial charge >= 0.3 is 6.18 Å². The first-order chi connectivity index (χ1) is 31.2. The maximum absolute atomic E-state index is 15.3. The third-order valence-corrected chi connectivity index (χ3v) is 8.97. The molecule has 6 nitrogen and oxygen atoms in total. The van der Waals surface area contributed by atoms with E-state index in [4.69, 9.17) is 18.4 Å². The topological polar surface area (TPSA) is 54.8 Å². The van der Waals surface area contributed by atoms with Gasteiger partial charge in [0.2, 0.25) is 5.91 Å². The number of benzene rings is 4. The van der Waals surface area contributed by atoms with Crippen LogP contribution in [0.5, 0.6) is 0 Å². The minimum absolute atomic E-state index is 0.0914. The quantitative estimate of drug-likeness (QED) is 0.0941. The van der Waals surface area contributed by atoms with Crippen LogP contribution in [0.15, 0.2) is 101 Å². The lowest BCUT2D eigenvalue weighted by atomic mass is 10.00. The third kappa shape index (κ3) is 9.17. The number of hydrogen-bond acceptors (Lipinski definition) is 5. The van der Waals surface area contributed by atoms with Crippen LogP contribution in [0.25, 0.3) is 22.0 Å². The molecule has 5 aromatic rings. The number of alkyl halides is 3. The molecule has 2 heterocycles. The fraction of sp³-hybridized carbons (Fsp3) is 0.317. The van der Waals surface area contributed by atoms with Crippen LogP contribution in [0.3, 0.4) is 0 Å². The van der Waals surface area contributed by atoms with Gasteiger partial charge in [-0.2, -0.15) is 13.2 Å². The van der Waals surface area contributed by atoms with E-state index >= 15 is 4.79 Å². The van der Waals surface area contributed by atoms with Gasteiger partial charge in [0.25, 0.3) is 0 Å². The van der Waals surface area contributed by atoms with E-state index in [1.807, 2.05) is 0 Å². The molecule has 0 saturated carbocycles. The Bertz CT molecular complexity index is 2820. The van der Waals surface area contributed by atoms with Crippen molar-refractivity contribution in [2.45, 2.75) is 55.7 Å². The first-order valence-electron chi connectivity index (χ1n) is 23.3. The van der Waals surface area contributed by atoms with Crippen molar-refractivity contribution in [3.8, 4) is 11.1 Å². The Kier molecular flexibility index (Phi) is 7.32. The number of carbonyl (C=O) groups is 1. The molecular weight excluding hydrogens is 710 g/mol. The molecule has 6 rings (SSSR count). The van der Waals surface area contributed by atoms with Crippen molar-refractivity contribution in [1.29, 1.82) is 0 Å². The van der Waals surface area contributed by atoms with Gasteiger partial charge in [0, 0.05) is 75.6 Å². The Labute approximate surface area is 330 Å². The number of methoxy groups -OCH3 is 1. The molecule has 0 aliphatic carbocycles. The summed E-state index contributed by atoms with van der Waals surface area (Å²) in [6.45, 7) is -13.7. The van der Waals surface area contributed by atoms with Crippen molar-refractivity contribution in [2.24, 2.45) is 0 Å². The summed E-state index contributed by atoms with van der Waals surface area (Å²) in [6.07, 6.45) is -12.9. The van der Waals surface area contributed by atoms with E-state index in [2.05, 4.69) is 0 Å². The van der Waals surface area contributed by atoms with Crippen LogP contribution < -0.4 is 5.43 Å². The number of aromatic nitrogens is 1. The largest absolute Gasteiger partial charge is 0.416 e. The van der Waals surface area contributed by atoms with E-state index < -0.39 is 143 Å². The smallest absolute Gasteiger partial charge is 0.383 e. The average Bonchev–Trinajstić information content (AvgIpc) is 3.25. The maximum atomic E-state index is 15.3. The zero-order valence-electron chi connectivity index (χ0n) is 43.0. The van der Waals surface area contributed by atoms with Crippen LogP contribution in [0.1, 0.15) is 55.6 Å². The van der Waals surface area contributed by atoms with Crippen LogP contribution >= 0.6 is 11.8 Å². The van der Waals surface area contributed by atoms with Crippen molar-refractivity contribution in [3.05, 3.63) is 135 Å². The number of hydrogen-bond donors (Lipinski definition) is 0. The SMILES string of the molecule is [2H]c1c(C)c([2H])c2c(=O)c([2H])c(SCc3cccc(F)c3F)n(CC(=O)N(Cc3ccc(-c4ccc(C(F)(F)F)cc4)cc3)C3([2H])C([2H])([2H])C([2H])([2H])N(C([2H])([2H])COC)C([2H])([2H])C3([2H])[2H])c2c1[2H]. The van der Waals surface area contributed by atoms with E-state index in [1.165, 1.54) is 31.2 Å². The van der Waals surface area contributed by atoms with Gasteiger partial charge in [-0.1, -0.05) is 60.1 Å². The molecule has 4 aromatic carbocycles. The molecule has 0 bridgehead atoms. The molecular formula is C41H40F5N3O3S. The van der Waals surface area contributed by atoms with Crippen molar-refractivity contribution < 1.29 is 52.0 Å². The zero-order chi connectivity index (χ0) is 51.1. The zero-order valence-corrected chi connectivity index (χ0v) is 28.9. The number of fused-ring (bicyclic) bond motifs is 1. The summed E-state index contributed by atoms with van der Waals surface area (Å²) < 4.78 is 209. The lowest BCUT2D eigenvalue weighted by molar-refractivity contribution is -0.137. The van der Waals surface area contributed by atoms with Gasteiger partial charge in [0.05, 0.1) is 29.6 Å². The molecule has 1 aliphatic rings. The predicted molar refractivity (Wildman–Crippen MR) is 198 cm³/mol. The Hall–Kier alpha value is -4.52. The van der Waals surface area contributed by atoms with Crippen LogP contribution in [-0.2, 0) is 34.6 Å². The molecule has 1 saturated heterocycles. The van der Waals surface area contributed by atoms with Gasteiger partial charge in [-0.15, -0.1) is 11.8 Å². The van der Waals surface area contributed by atoms with Crippen LogP contribution in [0.4, 0.5) is 22.0 Å². The van der Waals surface area contributed by atoms with Crippen LogP contribution in [-0.4, -0.2) is 59.5 Å². The fourth-order valence-electron chi connectivity index (χ4n) is 5.23. The summed E-state index contributed by atoms with van der Waals surface area (Å²) in [4.78, 5) is 28.9. The van der Waals surface area contributed by atoms with E-state index in [9.17, 15) is 33.6 Å². The summed E-state index contributed by atoms with van der Waals surface area (Å²) in [6, 6.07) is 5.12. The maximum Gasteiger partial charge on any atom is 0.416 e. The summed E-state index contributed by atoms with van der Waals surface area (Å²) in [5.74, 6) is -4.75. The number of thioether (sulfide) groups is 1. The van der Waals surface area contributed by atoms with Gasteiger partial charge in [0.15, 0.2) is 17.1 Å². The number of carbonyl (C=O) groups excluding carboxylic acids is 1. The van der Waals surface area contributed by atoms with Crippen molar-refractivity contribution in [2.75, 3.05) is 33.2 Å². The molecule has 12 heteroatoms. The first kappa shape index (κ1) is 23.3. The molecule has 1 aliphatic heterocycles. The van der Waals surface area contributed by atoms with Gasteiger partial charge < -0.3 is 19.1 Å². The van der Waals surface area contributed by atoms with E-state index in [1.54, 1.807) is 0 Å². The normalized spacial score (nSPS) is 23.0. The molecule has 0 N–H and O–H groups in total. The minimum Gasteiger partial charge on any atom is -0.383 e. The highest BCUT2D eigenvalue weighted by atomic mass is 32.2. The number of halogens is 5. The predicted octanol–water partition coefficient (Wildman–Crippen LogP) is 8.71.